The van der Waals surface area contributed by atoms with E-state index in [4.69, 9.17) is 11.6 Å². The van der Waals surface area contributed by atoms with Crippen LogP contribution in [0.3, 0.4) is 0 Å². The molecule has 0 saturated heterocycles. The molecule has 0 radical (unpaired) electrons. The molecular weight excluding hydrogens is 329 g/mol. The molecule has 0 aliphatic rings. The van der Waals surface area contributed by atoms with Gasteiger partial charge >= 0.3 is 0 Å². The summed E-state index contributed by atoms with van der Waals surface area (Å²) in [6.45, 7) is 3.19. The average Bonchev–Trinajstić information content (AvgIpc) is 2.34. The van der Waals surface area contributed by atoms with Crippen LogP contribution in [0.4, 0.5) is 5.69 Å². The molecule has 0 spiro atoms. The Hall–Kier alpha value is -0.930. The number of nitrogens with zero attached hydrogens (tertiary/aromatic N) is 1. The van der Waals surface area contributed by atoms with Crippen molar-refractivity contribution >= 4 is 39.7 Å². The molecule has 0 amide bonds. The first-order chi connectivity index (χ1) is 8.88. The Bertz CT molecular complexity index is 566. The Morgan fingerprint density at radius 2 is 2.00 bits per heavy atom. The van der Waals surface area contributed by atoms with Crippen LogP contribution < -0.4 is 10.0 Å². The van der Waals surface area contributed by atoms with Crippen LogP contribution in [0.1, 0.15) is 6.92 Å². The van der Waals surface area contributed by atoms with Gasteiger partial charge in [-0.25, -0.2) is 13.1 Å². The lowest BCUT2D eigenvalue weighted by Gasteiger charge is -2.07. The van der Waals surface area contributed by atoms with Crippen LogP contribution in [-0.4, -0.2) is 33.0 Å². The Labute approximate surface area is 128 Å². The number of nitrogens with one attached hydrogen (secondary N) is 2. The first kappa shape index (κ1) is 19.1. The van der Waals surface area contributed by atoms with E-state index in [0.29, 0.717) is 13.1 Å². The zero-order valence-electron chi connectivity index (χ0n) is 10.6. The highest BCUT2D eigenvalue weighted by atomic mass is 35.5. The number of sulfonamides is 1. The van der Waals surface area contributed by atoms with E-state index in [0.717, 1.165) is 12.1 Å². The molecule has 0 saturated carbocycles. The number of rotatable bonds is 7. The van der Waals surface area contributed by atoms with Crippen LogP contribution >= 0.6 is 24.0 Å². The van der Waals surface area contributed by atoms with Crippen molar-refractivity contribution in [3.05, 3.63) is 33.3 Å². The first-order valence-electron chi connectivity index (χ1n) is 5.53. The SMILES string of the molecule is CCNCCNS(=O)(=O)c1ccc(Cl)cc1[N+](=O)[O-].Cl. The maximum atomic E-state index is 11.9. The van der Waals surface area contributed by atoms with Crippen molar-refractivity contribution in [1.29, 1.82) is 0 Å². The molecule has 1 aromatic rings. The predicted molar refractivity (Wildman–Crippen MR) is 79.1 cm³/mol. The summed E-state index contributed by atoms with van der Waals surface area (Å²) < 4.78 is 26.2. The van der Waals surface area contributed by atoms with Gasteiger partial charge in [0.2, 0.25) is 10.0 Å². The van der Waals surface area contributed by atoms with Crippen molar-refractivity contribution < 1.29 is 13.3 Å². The van der Waals surface area contributed by atoms with E-state index in [1.54, 1.807) is 0 Å². The molecule has 7 nitrogen and oxygen atoms in total. The van der Waals surface area contributed by atoms with Gasteiger partial charge in [-0.1, -0.05) is 18.5 Å². The molecule has 1 rings (SSSR count). The molecule has 0 unspecified atom stereocenters. The first-order valence-corrected chi connectivity index (χ1v) is 7.39. The van der Waals surface area contributed by atoms with Crippen molar-refractivity contribution in [1.82, 2.24) is 10.0 Å². The van der Waals surface area contributed by atoms with Gasteiger partial charge in [-0.3, -0.25) is 10.1 Å². The Kier molecular flexibility index (Phi) is 7.99. The van der Waals surface area contributed by atoms with E-state index in [1.807, 2.05) is 6.92 Å². The predicted octanol–water partition coefficient (Wildman–Crippen LogP) is 1.56. The van der Waals surface area contributed by atoms with Crippen molar-refractivity contribution in [2.45, 2.75) is 11.8 Å². The van der Waals surface area contributed by atoms with Gasteiger partial charge in [-0.15, -0.1) is 12.4 Å². The van der Waals surface area contributed by atoms with Crippen LogP contribution in [0.15, 0.2) is 23.1 Å². The Morgan fingerprint density at radius 3 is 2.55 bits per heavy atom. The fraction of sp³-hybridized carbons (Fsp3) is 0.400. The fourth-order valence-electron chi connectivity index (χ4n) is 1.39. The summed E-state index contributed by atoms with van der Waals surface area (Å²) >= 11 is 5.63. The van der Waals surface area contributed by atoms with Crippen LogP contribution in [0.25, 0.3) is 0 Å². The van der Waals surface area contributed by atoms with E-state index in [1.165, 1.54) is 6.07 Å². The van der Waals surface area contributed by atoms with Gasteiger partial charge in [-0.2, -0.15) is 0 Å². The molecule has 0 aliphatic heterocycles. The minimum absolute atomic E-state index is 0. The van der Waals surface area contributed by atoms with Gasteiger partial charge in [0.05, 0.1) is 4.92 Å². The van der Waals surface area contributed by atoms with Crippen LogP contribution in [0.2, 0.25) is 5.02 Å². The third kappa shape index (κ3) is 5.22. The van der Waals surface area contributed by atoms with E-state index >= 15 is 0 Å². The normalized spacial score (nSPS) is 10.9. The third-order valence-electron chi connectivity index (χ3n) is 2.25. The van der Waals surface area contributed by atoms with Crippen LogP contribution in [0.5, 0.6) is 0 Å². The fourth-order valence-corrected chi connectivity index (χ4v) is 2.74. The molecule has 0 atom stereocenters. The zero-order valence-corrected chi connectivity index (χ0v) is 13.0. The number of benzene rings is 1. The summed E-state index contributed by atoms with van der Waals surface area (Å²) in [5, 5.41) is 13.9. The smallest absolute Gasteiger partial charge is 0.290 e. The van der Waals surface area contributed by atoms with Crippen molar-refractivity contribution in [3.8, 4) is 0 Å². The molecule has 1 aromatic carbocycles. The second kappa shape index (κ2) is 8.38. The van der Waals surface area contributed by atoms with Crippen LogP contribution in [0, 0.1) is 10.1 Å². The van der Waals surface area contributed by atoms with Gasteiger partial charge in [0.1, 0.15) is 0 Å². The topological polar surface area (TPSA) is 101 Å². The number of nitro groups is 1. The molecule has 114 valence electrons. The number of halogens is 2. The molecule has 2 N–H and O–H groups in total. The third-order valence-corrected chi connectivity index (χ3v) is 3.99. The quantitative estimate of drug-likeness (QED) is 0.444. The number of hydrogen-bond acceptors (Lipinski definition) is 5. The number of likely N-dealkylation sites (N-methyl/N-ethyl adjacent to an activating group) is 1. The highest BCUT2D eigenvalue weighted by molar-refractivity contribution is 7.89. The molecule has 20 heavy (non-hydrogen) atoms. The van der Waals surface area contributed by atoms with Gasteiger partial charge in [-0.05, 0) is 18.7 Å². The van der Waals surface area contributed by atoms with Crippen molar-refractivity contribution in [2.75, 3.05) is 19.6 Å². The number of nitro benzene ring substituents is 1. The van der Waals surface area contributed by atoms with Crippen molar-refractivity contribution in [2.24, 2.45) is 0 Å². The summed E-state index contributed by atoms with van der Waals surface area (Å²) in [4.78, 5) is 9.68. The maximum Gasteiger partial charge on any atom is 0.290 e. The summed E-state index contributed by atoms with van der Waals surface area (Å²) in [6.07, 6.45) is 0. The van der Waals surface area contributed by atoms with Crippen LogP contribution in [-0.2, 0) is 10.0 Å². The standard InChI is InChI=1S/C10H14ClN3O4S.ClH/c1-2-12-5-6-13-19(17,18)10-4-3-8(11)7-9(10)14(15)16;/h3-4,7,12-13H,2,5-6H2,1H3;1H. The highest BCUT2D eigenvalue weighted by Crippen LogP contribution is 2.26. The zero-order chi connectivity index (χ0) is 14.5. The van der Waals surface area contributed by atoms with Gasteiger partial charge in [0.25, 0.3) is 5.69 Å². The van der Waals surface area contributed by atoms with E-state index < -0.39 is 25.5 Å². The lowest BCUT2D eigenvalue weighted by atomic mass is 10.3. The molecule has 0 fully saturated rings. The summed E-state index contributed by atoms with van der Waals surface area (Å²) in [6, 6.07) is 3.43. The minimum atomic E-state index is -3.92. The minimum Gasteiger partial charge on any atom is -0.316 e. The second-order valence-corrected chi connectivity index (χ2v) is 5.79. The van der Waals surface area contributed by atoms with Gasteiger partial charge in [0, 0.05) is 24.2 Å². The Morgan fingerprint density at radius 1 is 1.35 bits per heavy atom. The summed E-state index contributed by atoms with van der Waals surface area (Å²) in [7, 11) is -3.92. The molecule has 0 bridgehead atoms. The monoisotopic (exact) mass is 343 g/mol. The largest absolute Gasteiger partial charge is 0.316 e. The highest BCUT2D eigenvalue weighted by Gasteiger charge is 2.25. The maximum absolute atomic E-state index is 11.9. The Balaban J connectivity index is 0.00000361. The summed E-state index contributed by atoms with van der Waals surface area (Å²) in [5.74, 6) is 0. The van der Waals surface area contributed by atoms with E-state index in [9.17, 15) is 18.5 Å². The van der Waals surface area contributed by atoms with Gasteiger partial charge < -0.3 is 5.32 Å². The molecule has 10 heteroatoms. The molecule has 0 aromatic heterocycles. The lowest BCUT2D eigenvalue weighted by molar-refractivity contribution is -0.387. The lowest BCUT2D eigenvalue weighted by Crippen LogP contribution is -2.32. The van der Waals surface area contributed by atoms with Crippen molar-refractivity contribution in [3.63, 3.8) is 0 Å². The van der Waals surface area contributed by atoms with Gasteiger partial charge in [0.15, 0.2) is 4.90 Å². The second-order valence-electron chi connectivity index (χ2n) is 3.62. The summed E-state index contributed by atoms with van der Waals surface area (Å²) in [5.41, 5.74) is -0.538. The van der Waals surface area contributed by atoms with E-state index in [-0.39, 0.29) is 24.0 Å². The molecule has 0 aliphatic carbocycles. The van der Waals surface area contributed by atoms with E-state index in [2.05, 4.69) is 10.0 Å². The number of hydrogen-bond donors (Lipinski definition) is 2. The average molecular weight is 344 g/mol. The molecule has 0 heterocycles. The molecular formula is C10H15Cl2N3O4S.